The number of fused-ring (bicyclic) bond motifs is 2. The van der Waals surface area contributed by atoms with Gasteiger partial charge in [-0.2, -0.15) is 9.36 Å². The van der Waals surface area contributed by atoms with Crippen LogP contribution in [0.3, 0.4) is 0 Å². The third-order valence-electron chi connectivity index (χ3n) is 6.42. The number of aryl methyl sites for hydroxylation is 1. The van der Waals surface area contributed by atoms with Gasteiger partial charge < -0.3 is 30.9 Å². The number of aliphatic carboxylic acids is 1. The molecule has 2 aliphatic heterocycles. The summed E-state index contributed by atoms with van der Waals surface area (Å²) >= 11 is 2.25. The molecule has 0 saturated carbocycles. The first-order valence-electron chi connectivity index (χ1n) is 12.2. The number of amides is 2. The number of rotatable bonds is 11. The highest BCUT2D eigenvalue weighted by atomic mass is 32.2. The third kappa shape index (κ3) is 5.09. The minimum Gasteiger partial charge on any atom is -0.477 e. The zero-order valence-electron chi connectivity index (χ0n) is 21.6. The van der Waals surface area contributed by atoms with Crippen LogP contribution in [0.15, 0.2) is 41.1 Å². The lowest BCUT2D eigenvalue weighted by Crippen LogP contribution is -2.71. The number of thioether (sulfide) groups is 1. The number of anilines is 1. The predicted molar refractivity (Wildman–Crippen MR) is 146 cm³/mol. The van der Waals surface area contributed by atoms with Gasteiger partial charge in [0.1, 0.15) is 36.3 Å². The summed E-state index contributed by atoms with van der Waals surface area (Å²) in [6, 6.07) is 2.90. The van der Waals surface area contributed by atoms with Crippen LogP contribution in [0.5, 0.6) is 0 Å². The number of nitrogens with one attached hydrogen (secondary N) is 2. The average Bonchev–Trinajstić information content (AvgIpc) is 3.56. The number of carbonyl (C=O) groups excluding carboxylic acids is 2. The van der Waals surface area contributed by atoms with Crippen LogP contribution in [0.2, 0.25) is 0 Å². The molecule has 0 aromatic carbocycles. The molecule has 2 aliphatic rings. The van der Waals surface area contributed by atoms with E-state index in [9.17, 15) is 19.5 Å². The van der Waals surface area contributed by atoms with Gasteiger partial charge in [0.25, 0.3) is 11.8 Å². The fourth-order valence-corrected chi connectivity index (χ4v) is 6.41. The maximum atomic E-state index is 13.2. The van der Waals surface area contributed by atoms with Gasteiger partial charge in [0.15, 0.2) is 5.13 Å². The highest BCUT2D eigenvalue weighted by Crippen LogP contribution is 2.40. The number of carboxylic acid groups (broad SMARTS) is 1. The molecule has 210 valence electrons. The quantitative estimate of drug-likeness (QED) is 0.0718. The van der Waals surface area contributed by atoms with Crippen LogP contribution in [0.4, 0.5) is 5.13 Å². The Labute approximate surface area is 236 Å². The van der Waals surface area contributed by atoms with Gasteiger partial charge in [0.2, 0.25) is 17.9 Å². The summed E-state index contributed by atoms with van der Waals surface area (Å²) in [6.45, 7) is 1.91. The summed E-state index contributed by atoms with van der Waals surface area (Å²) in [4.78, 5) is 52.9. The second-order valence-electron chi connectivity index (χ2n) is 8.94. The van der Waals surface area contributed by atoms with Crippen LogP contribution in [-0.2, 0) is 32.3 Å². The molecule has 0 spiro atoms. The Morgan fingerprint density at radius 2 is 2.23 bits per heavy atom. The first-order chi connectivity index (χ1) is 19.3. The lowest BCUT2D eigenvalue weighted by molar-refractivity contribution is -0.664. The maximum Gasteiger partial charge on any atom is 0.352 e. The first-order valence-corrected chi connectivity index (χ1v) is 14.1. The molecule has 3 aromatic rings. The lowest BCUT2D eigenvalue weighted by Gasteiger charge is -2.49. The SMILES string of the molecule is CNCCCn1cnc2c1ccc[n+]2CC1=C(C(=O)O)N2C(=O)C(NC(=O)/C(=N\OC)c3nsc(N)n3)C2SC1. The summed E-state index contributed by atoms with van der Waals surface area (Å²) in [5.74, 6) is -2.19. The van der Waals surface area contributed by atoms with Gasteiger partial charge in [-0.3, -0.25) is 14.5 Å². The van der Waals surface area contributed by atoms with Crippen LogP contribution in [0, 0.1) is 0 Å². The van der Waals surface area contributed by atoms with Gasteiger partial charge >= 0.3 is 11.6 Å². The van der Waals surface area contributed by atoms with Gasteiger partial charge in [-0.15, -0.1) is 11.8 Å². The molecule has 3 aromatic heterocycles. The minimum absolute atomic E-state index is 0.0362. The molecule has 17 heteroatoms. The number of hydrogen-bond acceptors (Lipinski definition) is 12. The molecule has 1 saturated heterocycles. The predicted octanol–water partition coefficient (Wildman–Crippen LogP) is -0.844. The van der Waals surface area contributed by atoms with Crippen LogP contribution in [-0.4, -0.2) is 90.3 Å². The molecule has 2 unspecified atom stereocenters. The van der Waals surface area contributed by atoms with Crippen LogP contribution < -0.4 is 20.9 Å². The molecule has 15 nitrogen and oxygen atoms in total. The molecule has 0 aliphatic carbocycles. The molecule has 0 bridgehead atoms. The van der Waals surface area contributed by atoms with Gasteiger partial charge in [-0.25, -0.2) is 9.36 Å². The number of β-lactam (4-membered cyclic amide) rings is 1. The Hall–Kier alpha value is -4.09. The molecule has 5 N–H and O–H groups in total. The number of nitrogens with two attached hydrogens (primary N) is 1. The first kappa shape index (κ1) is 27.5. The Morgan fingerprint density at radius 3 is 2.92 bits per heavy atom. The zero-order chi connectivity index (χ0) is 28.4. The number of nitrogen functional groups attached to an aromatic ring is 1. The van der Waals surface area contributed by atoms with Crippen molar-refractivity contribution in [2.45, 2.75) is 30.9 Å². The van der Waals surface area contributed by atoms with Crippen LogP contribution in [0.1, 0.15) is 12.2 Å². The van der Waals surface area contributed by atoms with Crippen molar-refractivity contribution in [3.05, 3.63) is 41.8 Å². The summed E-state index contributed by atoms with van der Waals surface area (Å²) in [5, 5.41) is 19.1. The van der Waals surface area contributed by atoms with Gasteiger partial charge in [-0.05, 0) is 37.1 Å². The summed E-state index contributed by atoms with van der Waals surface area (Å²) < 4.78 is 7.91. The van der Waals surface area contributed by atoms with E-state index in [-0.39, 0.29) is 28.9 Å². The van der Waals surface area contributed by atoms with Crippen molar-refractivity contribution in [3.8, 4) is 0 Å². The summed E-state index contributed by atoms with van der Waals surface area (Å²) in [7, 11) is 3.16. The zero-order valence-corrected chi connectivity index (χ0v) is 23.2. The monoisotopic (exact) mass is 587 g/mol. The second kappa shape index (κ2) is 11.6. The van der Waals surface area contributed by atoms with Crippen molar-refractivity contribution < 1.29 is 28.9 Å². The number of nitrogens with zero attached hydrogens (tertiary/aromatic N) is 7. The maximum absolute atomic E-state index is 13.2. The number of oxime groups is 1. The van der Waals surface area contributed by atoms with E-state index < -0.39 is 29.2 Å². The van der Waals surface area contributed by atoms with E-state index in [1.54, 1.807) is 6.33 Å². The van der Waals surface area contributed by atoms with E-state index in [2.05, 4.69) is 34.7 Å². The second-order valence-corrected chi connectivity index (χ2v) is 10.8. The number of pyridine rings is 1. The van der Waals surface area contributed by atoms with E-state index >= 15 is 0 Å². The van der Waals surface area contributed by atoms with E-state index in [1.165, 1.54) is 23.8 Å². The summed E-state index contributed by atoms with van der Waals surface area (Å²) in [6.07, 6.45) is 4.55. The standard InChI is InChI=1S/C23H26N10O5S2/c1-25-6-4-8-32-11-26-18-13(32)5-3-7-31(18)9-12-10-39-21-15(20(35)33(21)16(12)22(36)37)27-19(34)14(29-38-2)17-28-23(24)40-30-17/h3,5,7,11,15,21,25H,4,6,8-10H2,1-2H3,(H3-,24,27,28,30,34,36,37)/p+1/b29-14-. The van der Waals surface area contributed by atoms with Crippen molar-refractivity contribution in [1.82, 2.24) is 34.4 Å². The molecule has 5 heterocycles. The van der Waals surface area contributed by atoms with Crippen LogP contribution >= 0.6 is 23.3 Å². The van der Waals surface area contributed by atoms with Gasteiger partial charge in [0.05, 0.1) is 6.20 Å². The van der Waals surface area contributed by atoms with E-state index in [1.807, 2.05) is 29.9 Å². The highest BCUT2D eigenvalue weighted by molar-refractivity contribution is 8.00. The average molecular weight is 588 g/mol. The molecule has 40 heavy (non-hydrogen) atoms. The fourth-order valence-electron chi connectivity index (χ4n) is 4.64. The molecular weight excluding hydrogens is 560 g/mol. The lowest BCUT2D eigenvalue weighted by atomic mass is 10.0. The number of imidazole rings is 1. The number of aromatic nitrogens is 5. The van der Waals surface area contributed by atoms with Crippen molar-refractivity contribution in [1.29, 1.82) is 0 Å². The molecule has 1 fully saturated rings. The number of carboxylic acids is 1. The van der Waals surface area contributed by atoms with Crippen molar-refractivity contribution in [2.75, 3.05) is 32.2 Å². The van der Waals surface area contributed by atoms with Crippen molar-refractivity contribution in [3.63, 3.8) is 0 Å². The Bertz CT molecular complexity index is 1530. The molecule has 5 rings (SSSR count). The van der Waals surface area contributed by atoms with E-state index in [0.717, 1.165) is 42.2 Å². The summed E-state index contributed by atoms with van der Waals surface area (Å²) in [5.41, 5.74) is 7.51. The topological polar surface area (TPSA) is 194 Å². The molecule has 2 amide bonds. The van der Waals surface area contributed by atoms with E-state index in [4.69, 9.17) is 10.6 Å². The molecular formula is C23H27N10O5S2+. The smallest absolute Gasteiger partial charge is 0.352 e. The Kier molecular flexibility index (Phi) is 7.95. The molecule has 2 atom stereocenters. The van der Waals surface area contributed by atoms with Crippen LogP contribution in [0.25, 0.3) is 11.2 Å². The largest absolute Gasteiger partial charge is 0.477 e. The minimum atomic E-state index is -1.22. The van der Waals surface area contributed by atoms with Gasteiger partial charge in [-0.1, -0.05) is 5.16 Å². The third-order valence-corrected chi connectivity index (χ3v) is 8.31. The number of hydrogen-bond donors (Lipinski definition) is 4. The van der Waals surface area contributed by atoms with Crippen molar-refractivity contribution in [2.24, 2.45) is 5.16 Å². The fraction of sp³-hybridized carbons (Fsp3) is 0.391. The Morgan fingerprint density at radius 1 is 1.40 bits per heavy atom. The Balaban J connectivity index is 1.35. The van der Waals surface area contributed by atoms with Crippen molar-refractivity contribution >= 4 is 63.1 Å². The highest BCUT2D eigenvalue weighted by Gasteiger charge is 2.54. The molecule has 0 radical (unpaired) electrons. The normalized spacial score (nSPS) is 19.0. The van der Waals surface area contributed by atoms with Gasteiger partial charge in [0, 0.05) is 29.4 Å². The van der Waals surface area contributed by atoms with E-state index in [0.29, 0.717) is 11.3 Å². The number of carbonyl (C=O) groups is 3.